The second kappa shape index (κ2) is 15.9. The zero-order valence-corrected chi connectivity index (χ0v) is 30.9. The lowest BCUT2D eigenvalue weighted by atomic mass is 9.96. The Hall–Kier alpha value is -5.11. The fourth-order valence-corrected chi connectivity index (χ4v) is 8.05. The predicted molar refractivity (Wildman–Crippen MR) is 204 cm³/mol. The fraction of sp³-hybridized carbons (Fsp3) is 0.361. The van der Waals surface area contributed by atoms with Crippen LogP contribution in [0.4, 0.5) is 29.8 Å². The number of ether oxygens (including phenoxy) is 2. The first-order valence-corrected chi connectivity index (χ1v) is 17.9. The molecule has 0 aliphatic carbocycles. The summed E-state index contributed by atoms with van der Waals surface area (Å²) in [7, 11) is 5.02. The number of pyridine rings is 1. The van der Waals surface area contributed by atoms with Crippen LogP contribution in [0.5, 0.6) is 11.8 Å². The number of hydrogen-bond acceptors (Lipinski definition) is 13. The van der Waals surface area contributed by atoms with E-state index in [-0.39, 0.29) is 66.1 Å². The van der Waals surface area contributed by atoms with Gasteiger partial charge in [0.2, 0.25) is 0 Å². The van der Waals surface area contributed by atoms with Crippen molar-refractivity contribution in [1.82, 2.24) is 24.9 Å². The number of methoxy groups -OCH3 is 1. The average molecular weight is 767 g/mol. The van der Waals surface area contributed by atoms with Gasteiger partial charge in [0.1, 0.15) is 46.8 Å². The summed E-state index contributed by atoms with van der Waals surface area (Å²) in [6.45, 7) is 5.92. The predicted octanol–water partition coefficient (Wildman–Crippen LogP) is 6.64. The molecule has 2 saturated heterocycles. The molecule has 3 aliphatic heterocycles. The van der Waals surface area contributed by atoms with Crippen molar-refractivity contribution in [1.29, 1.82) is 5.26 Å². The van der Waals surface area contributed by atoms with Crippen molar-refractivity contribution in [2.75, 3.05) is 63.8 Å². The number of thiophene rings is 1. The highest BCUT2D eigenvalue weighted by molar-refractivity contribution is 7.23. The maximum atomic E-state index is 16.5. The monoisotopic (exact) mass is 766 g/mol. The largest absolute Gasteiger partial charge is 0.489 e. The zero-order chi connectivity index (χ0) is 38.0. The van der Waals surface area contributed by atoms with E-state index in [0.717, 1.165) is 29.9 Å². The van der Waals surface area contributed by atoms with Crippen LogP contribution in [0.25, 0.3) is 32.1 Å². The molecule has 0 spiro atoms. The lowest BCUT2D eigenvalue weighted by molar-refractivity contribution is 0.292. The van der Waals surface area contributed by atoms with Gasteiger partial charge in [-0.3, -0.25) is 4.90 Å². The lowest BCUT2D eigenvalue weighted by Gasteiger charge is -2.23. The van der Waals surface area contributed by atoms with Crippen molar-refractivity contribution in [3.8, 4) is 29.0 Å². The quantitative estimate of drug-likeness (QED) is 0.146. The lowest BCUT2D eigenvalue weighted by Crippen LogP contribution is -2.28. The molecule has 5 aromatic rings. The van der Waals surface area contributed by atoms with E-state index in [1.807, 2.05) is 31.1 Å². The van der Waals surface area contributed by atoms with Crippen molar-refractivity contribution in [3.63, 3.8) is 0 Å². The van der Waals surface area contributed by atoms with Crippen LogP contribution in [-0.4, -0.2) is 91.2 Å². The van der Waals surface area contributed by atoms with Crippen molar-refractivity contribution in [2.45, 2.75) is 38.0 Å². The van der Waals surface area contributed by atoms with Gasteiger partial charge in [-0.05, 0) is 43.5 Å². The number of aromatic nitrogens is 3. The first-order chi connectivity index (χ1) is 25.5. The van der Waals surface area contributed by atoms with Gasteiger partial charge in [0.15, 0.2) is 11.6 Å². The number of hydrogen-bond donors (Lipinski definition) is 2. The van der Waals surface area contributed by atoms with Crippen LogP contribution in [0.1, 0.15) is 30.4 Å². The SMILES string of the molecule is C=NN(C)C.COc1nc2c3c(c(Cl)c(-c4ccc(F)c5sc(N)c(C#N)c45)c(F)c3n1)OCCN2Cc1cccnc1N.FC1CC2CCCN2C1. The zero-order valence-electron chi connectivity index (χ0n) is 29.4. The van der Waals surface area contributed by atoms with Crippen LogP contribution < -0.4 is 25.8 Å². The standard InChI is InChI=1S/C26H18ClF2N7O2S.C7H12FN.C3H8N2/c1-37-26-34-20-17-21(38-8-7-36(25(17)35-26)10-11-3-2-6-33-23(11)31)18(27)16(19(20)29)12-4-5-14(28)22-15(12)13(9-30)24(32)39-22;8-6-4-7-2-1-3-9(7)5-6;1-4-5(2)3/h2-6H,7-8,10,32H2,1H3,(H2,31,33);6-7H,1-5H2;1H2,2-3H3. The minimum absolute atomic E-state index is 0.0352. The summed E-state index contributed by atoms with van der Waals surface area (Å²) in [4.78, 5) is 17.1. The molecule has 53 heavy (non-hydrogen) atoms. The second-order valence-corrected chi connectivity index (χ2v) is 14.2. The van der Waals surface area contributed by atoms with E-state index in [0.29, 0.717) is 37.3 Å². The molecular weight excluding hydrogens is 729 g/mol. The summed E-state index contributed by atoms with van der Waals surface area (Å²) in [6, 6.07) is 8.67. The highest BCUT2D eigenvalue weighted by Gasteiger charge is 2.35. The van der Waals surface area contributed by atoms with Gasteiger partial charge in [-0.2, -0.15) is 20.3 Å². The Morgan fingerprint density at radius 1 is 1.21 bits per heavy atom. The molecule has 0 bridgehead atoms. The molecule has 2 atom stereocenters. The molecule has 2 fully saturated rings. The maximum absolute atomic E-state index is 16.5. The molecule has 2 aromatic carbocycles. The third kappa shape index (κ3) is 7.41. The molecule has 4 N–H and O–H groups in total. The molecule has 17 heteroatoms. The Morgan fingerprint density at radius 2 is 1.98 bits per heavy atom. The Morgan fingerprint density at radius 3 is 2.66 bits per heavy atom. The number of benzene rings is 2. The third-order valence-corrected chi connectivity index (χ3v) is 10.6. The van der Waals surface area contributed by atoms with Gasteiger partial charge in [-0.15, -0.1) is 11.3 Å². The molecule has 0 radical (unpaired) electrons. The minimum Gasteiger partial charge on any atom is -0.489 e. The molecule has 2 unspecified atom stereocenters. The van der Waals surface area contributed by atoms with Gasteiger partial charge in [0, 0.05) is 62.7 Å². The van der Waals surface area contributed by atoms with Crippen LogP contribution >= 0.6 is 22.9 Å². The molecule has 278 valence electrons. The molecule has 6 heterocycles. The summed E-state index contributed by atoms with van der Waals surface area (Å²) in [5.74, 6) is -0.560. The number of nitrogen functional groups attached to an aromatic ring is 2. The summed E-state index contributed by atoms with van der Waals surface area (Å²) in [6.07, 6.45) is 4.40. The summed E-state index contributed by atoms with van der Waals surface area (Å²) < 4.78 is 55.4. The first-order valence-electron chi connectivity index (χ1n) is 16.7. The van der Waals surface area contributed by atoms with E-state index < -0.39 is 17.8 Å². The van der Waals surface area contributed by atoms with Crippen LogP contribution in [-0.2, 0) is 6.54 Å². The van der Waals surface area contributed by atoms with E-state index in [1.54, 1.807) is 17.3 Å². The number of nitrogens with zero attached hydrogens (tertiary/aromatic N) is 8. The number of rotatable bonds is 5. The first kappa shape index (κ1) is 37.6. The molecule has 3 aromatic heterocycles. The highest BCUT2D eigenvalue weighted by atomic mass is 35.5. The van der Waals surface area contributed by atoms with Gasteiger partial charge in [-0.1, -0.05) is 23.7 Å². The maximum Gasteiger partial charge on any atom is 0.318 e. The number of fused-ring (bicyclic) bond motifs is 2. The fourth-order valence-electron chi connectivity index (χ4n) is 6.77. The van der Waals surface area contributed by atoms with Gasteiger partial charge < -0.3 is 30.8 Å². The van der Waals surface area contributed by atoms with E-state index in [9.17, 15) is 14.0 Å². The van der Waals surface area contributed by atoms with Gasteiger partial charge >= 0.3 is 6.01 Å². The Balaban J connectivity index is 0.000000286. The van der Waals surface area contributed by atoms with Crippen LogP contribution in [0.2, 0.25) is 5.02 Å². The number of alkyl halides is 1. The Kier molecular flexibility index (Phi) is 11.3. The molecule has 0 amide bonds. The van der Waals surface area contributed by atoms with Crippen molar-refractivity contribution in [3.05, 3.63) is 58.2 Å². The molecular formula is C36H38ClF3N10O2S. The molecule has 3 aliphatic rings. The van der Waals surface area contributed by atoms with Crippen LogP contribution in [0, 0.1) is 23.0 Å². The Bertz CT molecular complexity index is 2200. The number of anilines is 3. The third-order valence-electron chi connectivity index (χ3n) is 9.26. The van der Waals surface area contributed by atoms with Crippen LogP contribution in [0.15, 0.2) is 35.6 Å². The smallest absolute Gasteiger partial charge is 0.318 e. The Labute approximate surface area is 313 Å². The molecule has 12 nitrogen and oxygen atoms in total. The number of hydrazone groups is 1. The van der Waals surface area contributed by atoms with E-state index in [2.05, 4.69) is 31.7 Å². The number of nitriles is 1. The van der Waals surface area contributed by atoms with Gasteiger partial charge in [-0.25, -0.2) is 18.2 Å². The summed E-state index contributed by atoms with van der Waals surface area (Å²) in [5, 5.41) is 15.3. The summed E-state index contributed by atoms with van der Waals surface area (Å²) >= 11 is 7.76. The van der Waals surface area contributed by atoms with Crippen molar-refractivity contribution < 1.29 is 22.6 Å². The van der Waals surface area contributed by atoms with Crippen molar-refractivity contribution >= 4 is 67.3 Å². The minimum atomic E-state index is -0.811. The van der Waals surface area contributed by atoms with E-state index in [4.69, 9.17) is 32.5 Å². The summed E-state index contributed by atoms with van der Waals surface area (Å²) in [5.41, 5.74) is 12.8. The average Bonchev–Trinajstić information content (AvgIpc) is 3.80. The normalized spacial score (nSPS) is 17.5. The second-order valence-electron chi connectivity index (χ2n) is 12.8. The molecule has 8 rings (SSSR count). The van der Waals surface area contributed by atoms with E-state index in [1.165, 1.54) is 32.1 Å². The van der Waals surface area contributed by atoms with Crippen LogP contribution in [0.3, 0.4) is 0 Å². The van der Waals surface area contributed by atoms with Crippen molar-refractivity contribution in [2.24, 2.45) is 5.10 Å². The van der Waals surface area contributed by atoms with Gasteiger partial charge in [0.05, 0.1) is 34.3 Å². The topological polar surface area (TPSA) is 155 Å². The molecule has 0 saturated carbocycles. The number of nitrogens with two attached hydrogens (primary N) is 2. The van der Waals surface area contributed by atoms with Gasteiger partial charge in [0.25, 0.3) is 0 Å². The number of halogens is 4. The highest BCUT2D eigenvalue weighted by Crippen LogP contribution is 2.50. The van der Waals surface area contributed by atoms with E-state index >= 15 is 4.39 Å².